The summed E-state index contributed by atoms with van der Waals surface area (Å²) in [7, 11) is 0. The monoisotopic (exact) mass is 385 g/mol. The van der Waals surface area contributed by atoms with Crippen molar-refractivity contribution in [1.82, 2.24) is 25.5 Å². The van der Waals surface area contributed by atoms with E-state index >= 15 is 0 Å². The van der Waals surface area contributed by atoms with Crippen molar-refractivity contribution in [2.45, 2.75) is 13.0 Å². The number of tetrazole rings is 1. The standard InChI is InChI=1S/C22H19N5O2/c1-16(17-10-12-21(13-11-17)29-20-8-3-2-4-9-20)24-22(28)18-6-5-7-19(14-18)27-15-23-25-26-27/h2-16H,1H3,(H,24,28). The molecule has 0 radical (unpaired) electrons. The van der Waals surface area contributed by atoms with Crippen molar-refractivity contribution in [3.63, 3.8) is 0 Å². The Morgan fingerprint density at radius 1 is 0.966 bits per heavy atom. The van der Waals surface area contributed by atoms with Gasteiger partial charge in [-0.05, 0) is 65.4 Å². The third-order valence-corrected chi connectivity index (χ3v) is 4.43. The maximum Gasteiger partial charge on any atom is 0.251 e. The van der Waals surface area contributed by atoms with Gasteiger partial charge in [0.05, 0.1) is 11.7 Å². The molecule has 0 aliphatic rings. The van der Waals surface area contributed by atoms with Crippen molar-refractivity contribution in [1.29, 1.82) is 0 Å². The summed E-state index contributed by atoms with van der Waals surface area (Å²) in [6, 6.07) is 24.2. The molecule has 0 saturated heterocycles. The summed E-state index contributed by atoms with van der Waals surface area (Å²) in [5, 5.41) is 14.1. The zero-order valence-corrected chi connectivity index (χ0v) is 15.8. The number of amides is 1. The number of nitrogens with one attached hydrogen (secondary N) is 1. The molecule has 1 heterocycles. The molecule has 3 aromatic carbocycles. The Kier molecular flexibility index (Phi) is 5.29. The quantitative estimate of drug-likeness (QED) is 0.544. The molecule has 1 atom stereocenters. The Morgan fingerprint density at radius 2 is 1.72 bits per heavy atom. The maximum atomic E-state index is 12.7. The molecule has 0 saturated carbocycles. The number of nitrogens with zero attached hydrogens (tertiary/aromatic N) is 4. The van der Waals surface area contributed by atoms with Gasteiger partial charge >= 0.3 is 0 Å². The molecule has 29 heavy (non-hydrogen) atoms. The number of aromatic nitrogens is 4. The Morgan fingerprint density at radius 3 is 2.45 bits per heavy atom. The van der Waals surface area contributed by atoms with Gasteiger partial charge in [0, 0.05) is 5.56 Å². The molecule has 1 N–H and O–H groups in total. The van der Waals surface area contributed by atoms with Crippen LogP contribution >= 0.6 is 0 Å². The van der Waals surface area contributed by atoms with E-state index < -0.39 is 0 Å². The average molecular weight is 385 g/mol. The predicted octanol–water partition coefficient (Wildman–Crippen LogP) is 3.95. The number of carbonyl (C=O) groups excluding carboxylic acids is 1. The molecular formula is C22H19N5O2. The molecule has 0 spiro atoms. The average Bonchev–Trinajstić information content (AvgIpc) is 3.30. The lowest BCUT2D eigenvalue weighted by Gasteiger charge is -2.15. The summed E-state index contributed by atoms with van der Waals surface area (Å²) in [6.07, 6.45) is 1.48. The lowest BCUT2D eigenvalue weighted by Crippen LogP contribution is -2.26. The van der Waals surface area contributed by atoms with Crippen molar-refractivity contribution in [2.75, 3.05) is 0 Å². The van der Waals surface area contributed by atoms with Crippen molar-refractivity contribution in [3.8, 4) is 17.2 Å². The third kappa shape index (κ3) is 4.47. The van der Waals surface area contributed by atoms with E-state index in [0.717, 1.165) is 22.7 Å². The van der Waals surface area contributed by atoms with E-state index in [4.69, 9.17) is 4.74 Å². The normalized spacial score (nSPS) is 11.6. The van der Waals surface area contributed by atoms with Crippen molar-refractivity contribution < 1.29 is 9.53 Å². The van der Waals surface area contributed by atoms with Gasteiger partial charge in [0.15, 0.2) is 0 Å². The fraction of sp³-hybridized carbons (Fsp3) is 0.0909. The highest BCUT2D eigenvalue weighted by Gasteiger charge is 2.13. The minimum Gasteiger partial charge on any atom is -0.457 e. The molecule has 0 bridgehead atoms. The Balaban J connectivity index is 1.42. The van der Waals surface area contributed by atoms with Crippen LogP contribution in [0.1, 0.15) is 28.9 Å². The number of ether oxygens (including phenoxy) is 1. The maximum absolute atomic E-state index is 12.7. The number of benzene rings is 3. The Hall–Kier alpha value is -4.00. The number of hydrogen-bond donors (Lipinski definition) is 1. The van der Waals surface area contributed by atoms with Gasteiger partial charge in [-0.15, -0.1) is 5.10 Å². The Labute approximate surface area is 168 Å². The minimum absolute atomic E-state index is 0.162. The highest BCUT2D eigenvalue weighted by molar-refractivity contribution is 5.95. The van der Waals surface area contributed by atoms with Crippen molar-refractivity contribution in [2.24, 2.45) is 0 Å². The van der Waals surface area contributed by atoms with Gasteiger partial charge in [0.1, 0.15) is 17.8 Å². The Bertz CT molecular complexity index is 1080. The lowest BCUT2D eigenvalue weighted by atomic mass is 10.1. The molecule has 7 nitrogen and oxygen atoms in total. The van der Waals surface area contributed by atoms with Crippen LogP contribution in [0.5, 0.6) is 11.5 Å². The second kappa shape index (κ2) is 8.35. The molecule has 0 aliphatic carbocycles. The third-order valence-electron chi connectivity index (χ3n) is 4.43. The van der Waals surface area contributed by atoms with Crippen LogP contribution in [-0.4, -0.2) is 26.1 Å². The van der Waals surface area contributed by atoms with Crippen LogP contribution in [0.25, 0.3) is 5.69 Å². The zero-order valence-electron chi connectivity index (χ0n) is 15.8. The van der Waals surface area contributed by atoms with Crippen LogP contribution < -0.4 is 10.1 Å². The summed E-state index contributed by atoms with van der Waals surface area (Å²) < 4.78 is 7.31. The van der Waals surface area contributed by atoms with E-state index in [1.807, 2.05) is 67.6 Å². The second-order valence-corrected chi connectivity index (χ2v) is 6.48. The molecule has 1 aromatic heterocycles. The van der Waals surface area contributed by atoms with Crippen LogP contribution in [-0.2, 0) is 0 Å². The molecule has 1 unspecified atom stereocenters. The minimum atomic E-state index is -0.169. The van der Waals surface area contributed by atoms with E-state index in [2.05, 4.69) is 20.8 Å². The first-order valence-electron chi connectivity index (χ1n) is 9.16. The fourth-order valence-electron chi connectivity index (χ4n) is 2.88. The number of hydrogen-bond acceptors (Lipinski definition) is 5. The SMILES string of the molecule is CC(NC(=O)c1cccc(-n2cnnn2)c1)c1ccc(Oc2ccccc2)cc1. The molecule has 0 aliphatic heterocycles. The molecule has 144 valence electrons. The summed E-state index contributed by atoms with van der Waals surface area (Å²) >= 11 is 0. The first kappa shape index (κ1) is 18.4. The lowest BCUT2D eigenvalue weighted by molar-refractivity contribution is 0.0940. The van der Waals surface area contributed by atoms with Gasteiger partial charge in [-0.3, -0.25) is 4.79 Å². The summed E-state index contributed by atoms with van der Waals surface area (Å²) in [4.78, 5) is 12.7. The van der Waals surface area contributed by atoms with Crippen LogP contribution in [0.3, 0.4) is 0 Å². The first-order chi connectivity index (χ1) is 14.2. The summed E-state index contributed by atoms with van der Waals surface area (Å²) in [6.45, 7) is 1.94. The van der Waals surface area contributed by atoms with E-state index in [1.165, 1.54) is 11.0 Å². The fourth-order valence-corrected chi connectivity index (χ4v) is 2.88. The first-order valence-corrected chi connectivity index (χ1v) is 9.16. The molecule has 4 rings (SSSR count). The van der Waals surface area contributed by atoms with Gasteiger partial charge in [0.25, 0.3) is 5.91 Å². The molecule has 1 amide bonds. The van der Waals surface area contributed by atoms with Gasteiger partial charge in [-0.1, -0.05) is 36.4 Å². The molecule has 0 fully saturated rings. The van der Waals surface area contributed by atoms with Crippen molar-refractivity contribution >= 4 is 5.91 Å². The second-order valence-electron chi connectivity index (χ2n) is 6.48. The van der Waals surface area contributed by atoms with E-state index in [0.29, 0.717) is 5.56 Å². The van der Waals surface area contributed by atoms with E-state index in [-0.39, 0.29) is 11.9 Å². The van der Waals surface area contributed by atoms with E-state index in [1.54, 1.807) is 18.2 Å². The summed E-state index contributed by atoms with van der Waals surface area (Å²) in [5.41, 5.74) is 2.24. The highest BCUT2D eigenvalue weighted by Crippen LogP contribution is 2.23. The molecular weight excluding hydrogens is 366 g/mol. The summed E-state index contributed by atoms with van der Waals surface area (Å²) in [5.74, 6) is 1.36. The van der Waals surface area contributed by atoms with E-state index in [9.17, 15) is 4.79 Å². The molecule has 7 heteroatoms. The number of carbonyl (C=O) groups is 1. The van der Waals surface area contributed by atoms with Gasteiger partial charge < -0.3 is 10.1 Å². The molecule has 4 aromatic rings. The van der Waals surface area contributed by atoms with Gasteiger partial charge in [0.2, 0.25) is 0 Å². The van der Waals surface area contributed by atoms with Crippen LogP contribution in [0.2, 0.25) is 0 Å². The van der Waals surface area contributed by atoms with Crippen LogP contribution in [0.4, 0.5) is 0 Å². The van der Waals surface area contributed by atoms with Gasteiger partial charge in [-0.25, -0.2) is 4.68 Å². The number of rotatable bonds is 6. The number of para-hydroxylation sites is 1. The van der Waals surface area contributed by atoms with Crippen molar-refractivity contribution in [3.05, 3.63) is 96.3 Å². The van der Waals surface area contributed by atoms with Gasteiger partial charge in [-0.2, -0.15) is 0 Å². The largest absolute Gasteiger partial charge is 0.457 e. The topological polar surface area (TPSA) is 81.9 Å². The van der Waals surface area contributed by atoms with Crippen LogP contribution in [0.15, 0.2) is 85.2 Å². The predicted molar refractivity (Wildman–Crippen MR) is 108 cm³/mol. The highest BCUT2D eigenvalue weighted by atomic mass is 16.5. The smallest absolute Gasteiger partial charge is 0.251 e. The van der Waals surface area contributed by atoms with Crippen LogP contribution in [0, 0.1) is 0 Å². The zero-order chi connectivity index (χ0) is 20.1.